The van der Waals surface area contributed by atoms with E-state index in [0.29, 0.717) is 37.8 Å². The van der Waals surface area contributed by atoms with Crippen molar-refractivity contribution in [2.45, 2.75) is 125 Å². The third-order valence-electron chi connectivity index (χ3n) is 8.53. The summed E-state index contributed by atoms with van der Waals surface area (Å²) < 4.78 is 0. The minimum atomic E-state index is -1.05. The van der Waals surface area contributed by atoms with Crippen molar-refractivity contribution in [2.75, 3.05) is 18.8 Å². The van der Waals surface area contributed by atoms with E-state index in [-0.39, 0.29) is 53.5 Å². The van der Waals surface area contributed by atoms with Crippen LogP contribution in [0.3, 0.4) is 0 Å². The summed E-state index contributed by atoms with van der Waals surface area (Å²) in [5.41, 5.74) is 17.2. The molecule has 0 aliphatic heterocycles. The van der Waals surface area contributed by atoms with Gasteiger partial charge in [0.1, 0.15) is 35.6 Å². The molecular formula is C36H62N10O7S. The zero-order valence-electron chi connectivity index (χ0n) is 32.9. The van der Waals surface area contributed by atoms with Gasteiger partial charge in [-0.3, -0.25) is 33.6 Å². The zero-order chi connectivity index (χ0) is 41.1. The second-order valence-electron chi connectivity index (χ2n) is 14.3. The molecule has 0 aliphatic rings. The molecule has 18 heteroatoms. The van der Waals surface area contributed by atoms with Crippen molar-refractivity contribution in [1.29, 1.82) is 0 Å². The second kappa shape index (κ2) is 24.0. The molecule has 0 radical (unpaired) electrons. The Morgan fingerprint density at radius 1 is 0.833 bits per heavy atom. The molecule has 304 valence electrons. The highest BCUT2D eigenvalue weighted by molar-refractivity contribution is 7.13. The van der Waals surface area contributed by atoms with E-state index in [1.165, 1.54) is 5.38 Å². The van der Waals surface area contributed by atoms with Gasteiger partial charge in [-0.25, -0.2) is 4.98 Å². The van der Waals surface area contributed by atoms with Crippen molar-refractivity contribution in [3.8, 4) is 0 Å². The summed E-state index contributed by atoms with van der Waals surface area (Å²) in [6.07, 6.45) is 2.81. The highest BCUT2D eigenvalue weighted by atomic mass is 32.1. The van der Waals surface area contributed by atoms with Crippen LogP contribution in [0.2, 0.25) is 0 Å². The normalized spacial score (nSPS) is 14.5. The lowest BCUT2D eigenvalue weighted by molar-refractivity contribution is -0.132. The van der Waals surface area contributed by atoms with Gasteiger partial charge in [0.25, 0.3) is 11.8 Å². The lowest BCUT2D eigenvalue weighted by atomic mass is 9.96. The summed E-state index contributed by atoms with van der Waals surface area (Å²) >= 11 is 1.09. The number of allylic oxidation sites excluding steroid dienone is 1. The number of nitrogens with two attached hydrogens (primary N) is 3. The summed E-state index contributed by atoms with van der Waals surface area (Å²) in [6, 6.07) is -4.06. The first-order chi connectivity index (χ1) is 25.3. The molecule has 0 saturated heterocycles. The van der Waals surface area contributed by atoms with Crippen molar-refractivity contribution < 1.29 is 33.6 Å². The van der Waals surface area contributed by atoms with E-state index in [1.807, 2.05) is 41.5 Å². The predicted octanol–water partition coefficient (Wildman–Crippen LogP) is 0.947. The number of hydrogen-bond donors (Lipinski definition) is 9. The van der Waals surface area contributed by atoms with Gasteiger partial charge < -0.3 is 49.1 Å². The van der Waals surface area contributed by atoms with Crippen molar-refractivity contribution in [2.24, 2.45) is 29.2 Å². The monoisotopic (exact) mass is 778 g/mol. The summed E-state index contributed by atoms with van der Waals surface area (Å²) in [5.74, 6) is -4.93. The van der Waals surface area contributed by atoms with Crippen LogP contribution in [0.25, 0.3) is 0 Å². The minimum Gasteiger partial charge on any atom is -0.375 e. The number of amides is 7. The molecule has 0 spiro atoms. The topological polar surface area (TPSA) is 283 Å². The van der Waals surface area contributed by atoms with Gasteiger partial charge in [-0.1, -0.05) is 61.3 Å². The number of nitrogen functional groups attached to an aromatic ring is 1. The lowest BCUT2D eigenvalue weighted by Crippen LogP contribution is -2.57. The fourth-order valence-corrected chi connectivity index (χ4v) is 5.96. The molecule has 0 aromatic carbocycles. The van der Waals surface area contributed by atoms with Gasteiger partial charge >= 0.3 is 0 Å². The Labute approximate surface area is 322 Å². The van der Waals surface area contributed by atoms with E-state index in [4.69, 9.17) is 17.2 Å². The number of carbonyl (C=O) groups is 7. The summed E-state index contributed by atoms with van der Waals surface area (Å²) in [7, 11) is 0. The molecule has 0 fully saturated rings. The molecule has 54 heavy (non-hydrogen) atoms. The number of thiazole rings is 1. The number of aromatic nitrogens is 1. The van der Waals surface area contributed by atoms with Gasteiger partial charge in [0.05, 0.1) is 6.54 Å². The third-order valence-corrected chi connectivity index (χ3v) is 9.20. The average Bonchev–Trinajstić information content (AvgIpc) is 3.54. The summed E-state index contributed by atoms with van der Waals surface area (Å²) in [6.45, 7) is 14.5. The lowest BCUT2D eigenvalue weighted by Gasteiger charge is -2.27. The van der Waals surface area contributed by atoms with E-state index in [1.54, 1.807) is 13.8 Å². The van der Waals surface area contributed by atoms with Crippen LogP contribution in [0, 0.1) is 17.8 Å². The Hall–Kier alpha value is -4.58. The maximum absolute atomic E-state index is 13.6. The number of nitrogens with one attached hydrogen (secondary N) is 6. The Bertz CT molecular complexity index is 1480. The fourth-order valence-electron chi connectivity index (χ4n) is 5.41. The molecule has 2 unspecified atom stereocenters. The molecule has 1 aromatic rings. The average molecular weight is 779 g/mol. The number of carbonyl (C=O) groups excluding carboxylic acids is 7. The highest BCUT2D eigenvalue weighted by Gasteiger charge is 2.32. The van der Waals surface area contributed by atoms with E-state index in [9.17, 15) is 33.6 Å². The van der Waals surface area contributed by atoms with Crippen molar-refractivity contribution in [1.82, 2.24) is 36.9 Å². The molecule has 0 bridgehead atoms. The molecule has 5 atom stereocenters. The second-order valence-corrected chi connectivity index (χ2v) is 15.2. The van der Waals surface area contributed by atoms with Crippen LogP contribution in [0.15, 0.2) is 16.7 Å². The first-order valence-corrected chi connectivity index (χ1v) is 19.4. The molecule has 17 nitrogen and oxygen atoms in total. The standard InChI is InChI=1S/C36H62N10O7S/c1-9-12-22(8)29(35(53)43-24(15-19(3)4)31(49)41-23(30(38)48)13-11-14-37)45-27(47)17-40-34(52)28(21(7)10-2)46-32(50)25(16-20(5)6)42-33(51)26-18-54-36(39)44-26/h18-21,23-25,28H,9-17,37H2,1-8H3,(H2,38,48)(H2,39,44)(H,40,52)(H,41,49)(H,42,51)(H,43,53)(H,45,47)(H,46,50)/b29-22-/t21?,23-,24-,25-,28?/m0/s1. The Balaban J connectivity index is 3.13. The molecular weight excluding hydrogens is 717 g/mol. The summed E-state index contributed by atoms with van der Waals surface area (Å²) in [5, 5.41) is 17.6. The third kappa shape index (κ3) is 16.6. The van der Waals surface area contributed by atoms with Crippen molar-refractivity contribution >= 4 is 57.8 Å². The van der Waals surface area contributed by atoms with Crippen molar-refractivity contribution in [3.63, 3.8) is 0 Å². The van der Waals surface area contributed by atoms with Crippen LogP contribution >= 0.6 is 11.3 Å². The number of rotatable bonds is 24. The van der Waals surface area contributed by atoms with E-state index in [2.05, 4.69) is 36.9 Å². The number of hydrogen-bond acceptors (Lipinski definition) is 11. The zero-order valence-corrected chi connectivity index (χ0v) is 33.7. The van der Waals surface area contributed by atoms with E-state index >= 15 is 0 Å². The van der Waals surface area contributed by atoms with E-state index in [0.717, 1.165) is 11.3 Å². The maximum Gasteiger partial charge on any atom is 0.271 e. The maximum atomic E-state index is 13.6. The molecule has 1 heterocycles. The van der Waals surface area contributed by atoms with Gasteiger partial charge in [0, 0.05) is 5.38 Å². The molecule has 0 saturated carbocycles. The Morgan fingerprint density at radius 3 is 1.93 bits per heavy atom. The van der Waals surface area contributed by atoms with Gasteiger partial charge in [0.15, 0.2) is 5.13 Å². The number of nitrogens with zero attached hydrogens (tertiary/aromatic N) is 1. The smallest absolute Gasteiger partial charge is 0.271 e. The molecule has 7 amide bonds. The molecule has 1 aromatic heterocycles. The SMILES string of the molecule is CCC/C(C)=C(\NC(=O)CNC(=O)C(NC(=O)[C@H](CC(C)C)NC(=O)c1csc(N)n1)C(C)CC)C(=O)N[C@@H](CC(C)C)C(=O)N[C@@H](CCCN)C(N)=O. The van der Waals surface area contributed by atoms with Crippen LogP contribution in [0.5, 0.6) is 0 Å². The Kier molecular flexibility index (Phi) is 21.0. The fraction of sp³-hybridized carbons (Fsp3) is 0.667. The Morgan fingerprint density at radius 2 is 1.43 bits per heavy atom. The molecule has 0 aliphatic carbocycles. The predicted molar refractivity (Wildman–Crippen MR) is 208 cm³/mol. The van der Waals surface area contributed by atoms with Crippen molar-refractivity contribution in [3.05, 3.63) is 22.3 Å². The van der Waals surface area contributed by atoms with Gasteiger partial charge in [0.2, 0.25) is 29.5 Å². The molecule has 12 N–H and O–H groups in total. The first kappa shape index (κ1) is 47.4. The van der Waals surface area contributed by atoms with E-state index < -0.39 is 72.1 Å². The number of primary amides is 1. The number of anilines is 1. The largest absolute Gasteiger partial charge is 0.375 e. The van der Waals surface area contributed by atoms with Crippen LogP contribution in [-0.2, 0) is 28.8 Å². The van der Waals surface area contributed by atoms with Crippen LogP contribution < -0.4 is 49.1 Å². The quantitative estimate of drug-likeness (QED) is 0.0670. The highest BCUT2D eigenvalue weighted by Crippen LogP contribution is 2.15. The summed E-state index contributed by atoms with van der Waals surface area (Å²) in [4.78, 5) is 95.8. The van der Waals surface area contributed by atoms with Crippen LogP contribution in [0.1, 0.15) is 111 Å². The van der Waals surface area contributed by atoms with Crippen LogP contribution in [0.4, 0.5) is 5.13 Å². The molecule has 1 rings (SSSR count). The van der Waals surface area contributed by atoms with Gasteiger partial charge in [-0.2, -0.15) is 0 Å². The van der Waals surface area contributed by atoms with Gasteiger partial charge in [-0.05, 0) is 68.9 Å². The van der Waals surface area contributed by atoms with Crippen LogP contribution in [-0.4, -0.2) is 83.6 Å². The first-order valence-electron chi connectivity index (χ1n) is 18.5. The minimum absolute atomic E-state index is 0.0140. The van der Waals surface area contributed by atoms with Gasteiger partial charge in [-0.15, -0.1) is 11.3 Å².